The number of halogens is 3. The van der Waals surface area contributed by atoms with Gasteiger partial charge in [-0.1, -0.05) is 71.9 Å². The van der Waals surface area contributed by atoms with E-state index in [0.717, 1.165) is 33.3 Å². The molecule has 38 heavy (non-hydrogen) atoms. The molecular formula is C33H33F3N2. The van der Waals surface area contributed by atoms with Crippen LogP contribution in [-0.4, -0.2) is 16.1 Å². The highest BCUT2D eigenvalue weighted by Crippen LogP contribution is 2.49. The van der Waals surface area contributed by atoms with Gasteiger partial charge >= 0.3 is 6.18 Å². The first-order valence-electron chi connectivity index (χ1n) is 13.5. The van der Waals surface area contributed by atoms with Crippen molar-refractivity contribution in [2.75, 3.05) is 0 Å². The molecule has 1 aliphatic rings. The highest BCUT2D eigenvalue weighted by atomic mass is 19.4. The number of hydrogen-bond acceptors (Lipinski definition) is 2. The molecule has 0 saturated carbocycles. The van der Waals surface area contributed by atoms with Gasteiger partial charge in [0.05, 0.1) is 18.2 Å². The zero-order chi connectivity index (χ0) is 28.3. The van der Waals surface area contributed by atoms with E-state index in [2.05, 4.69) is 63.0 Å². The zero-order valence-electron chi connectivity index (χ0n) is 23.7. The van der Waals surface area contributed by atoms with Crippen LogP contribution in [0.4, 0.5) is 13.2 Å². The van der Waals surface area contributed by atoms with Crippen LogP contribution >= 0.6 is 0 Å². The standard InChI is InChI=1S/C33H33F3N2/c1-20(2)26-16-24(15-22-9-7-8-10-25(22)26)30-29-23(13-14-37-30)17-27(32(29,5)6)28-12-11-21(19-38-28)18-31(3,4)33(34,35)36/h7-17,19-20H,18H2,1-6H3/i17D. The molecule has 0 aliphatic heterocycles. The van der Waals surface area contributed by atoms with Crippen LogP contribution in [0.2, 0.25) is 0 Å². The van der Waals surface area contributed by atoms with E-state index in [0.29, 0.717) is 23.2 Å². The summed E-state index contributed by atoms with van der Waals surface area (Å²) in [6, 6.07) is 18.4. The zero-order valence-corrected chi connectivity index (χ0v) is 22.7. The maximum Gasteiger partial charge on any atom is 0.394 e. The van der Waals surface area contributed by atoms with Gasteiger partial charge in [0.15, 0.2) is 0 Å². The van der Waals surface area contributed by atoms with Gasteiger partial charge in [0.2, 0.25) is 0 Å². The first-order valence-corrected chi connectivity index (χ1v) is 13.0. The molecule has 1 aliphatic carbocycles. The summed E-state index contributed by atoms with van der Waals surface area (Å²) < 4.78 is 49.4. The van der Waals surface area contributed by atoms with Crippen LogP contribution in [0.1, 0.15) is 76.8 Å². The molecular weight excluding hydrogens is 481 g/mol. The normalized spacial score (nSPS) is 15.8. The van der Waals surface area contributed by atoms with Gasteiger partial charge in [-0.25, -0.2) is 0 Å². The SMILES string of the molecule is [2H]C1=C(c2ccc(CC(C)(C)C(F)(F)F)cn2)C(C)(C)c2c1ccnc2-c1cc(C(C)C)c2ccccc2c1. The van der Waals surface area contributed by atoms with Crippen LogP contribution in [0.3, 0.4) is 0 Å². The van der Waals surface area contributed by atoms with E-state index in [4.69, 9.17) is 6.35 Å². The third-order valence-electron chi connectivity index (χ3n) is 7.74. The second-order valence-corrected chi connectivity index (χ2v) is 11.8. The van der Waals surface area contributed by atoms with Crippen molar-refractivity contribution in [3.63, 3.8) is 0 Å². The molecule has 0 spiro atoms. The van der Waals surface area contributed by atoms with Gasteiger partial charge < -0.3 is 0 Å². The molecule has 0 atom stereocenters. The van der Waals surface area contributed by atoms with Crippen molar-refractivity contribution < 1.29 is 14.5 Å². The smallest absolute Gasteiger partial charge is 0.256 e. The Balaban J connectivity index is 1.58. The second kappa shape index (κ2) is 9.07. The van der Waals surface area contributed by atoms with E-state index in [1.807, 2.05) is 12.1 Å². The van der Waals surface area contributed by atoms with Crippen molar-refractivity contribution in [3.05, 3.63) is 94.9 Å². The van der Waals surface area contributed by atoms with E-state index in [9.17, 15) is 13.2 Å². The molecule has 0 radical (unpaired) electrons. The van der Waals surface area contributed by atoms with Gasteiger partial charge in [-0.15, -0.1) is 0 Å². The van der Waals surface area contributed by atoms with Gasteiger partial charge in [-0.3, -0.25) is 9.97 Å². The Morgan fingerprint density at radius 2 is 1.71 bits per heavy atom. The van der Waals surface area contributed by atoms with Crippen LogP contribution in [-0.2, 0) is 11.8 Å². The molecule has 0 bridgehead atoms. The van der Waals surface area contributed by atoms with Gasteiger partial charge in [0, 0.05) is 23.4 Å². The Kier molecular flexibility index (Phi) is 5.93. The Labute approximate surface area is 224 Å². The quantitative estimate of drug-likeness (QED) is 0.265. The molecule has 2 nitrogen and oxygen atoms in total. The average molecular weight is 516 g/mol. The number of benzene rings is 2. The maximum absolute atomic E-state index is 13.4. The lowest BCUT2D eigenvalue weighted by molar-refractivity contribution is -0.211. The first kappa shape index (κ1) is 24.8. The predicted molar refractivity (Wildman–Crippen MR) is 150 cm³/mol. The van der Waals surface area contributed by atoms with Crippen molar-refractivity contribution in [1.29, 1.82) is 0 Å². The summed E-state index contributed by atoms with van der Waals surface area (Å²) in [7, 11) is 0. The molecule has 5 rings (SSSR count). The minimum absolute atomic E-state index is 0.158. The minimum Gasteiger partial charge on any atom is -0.256 e. The number of rotatable bonds is 5. The molecule has 0 unspecified atom stereocenters. The lowest BCUT2D eigenvalue weighted by Gasteiger charge is -2.28. The Hall–Kier alpha value is -3.47. The number of fused-ring (bicyclic) bond motifs is 2. The molecule has 5 heteroatoms. The monoisotopic (exact) mass is 515 g/mol. The molecule has 0 N–H and O–H groups in total. The van der Waals surface area contributed by atoms with Crippen LogP contribution in [0, 0.1) is 5.41 Å². The molecule has 196 valence electrons. The Bertz CT molecular complexity index is 1600. The largest absolute Gasteiger partial charge is 0.394 e. The summed E-state index contributed by atoms with van der Waals surface area (Å²) in [5.74, 6) is 0.324. The third-order valence-corrected chi connectivity index (χ3v) is 7.74. The molecule has 0 saturated heterocycles. The first-order chi connectivity index (χ1) is 18.2. The van der Waals surface area contributed by atoms with Crippen molar-refractivity contribution in [2.45, 2.75) is 65.5 Å². The second-order valence-electron chi connectivity index (χ2n) is 11.8. The molecule has 2 heterocycles. The molecule has 2 aromatic heterocycles. The number of alkyl halides is 3. The average Bonchev–Trinajstić information content (AvgIpc) is 3.08. The fourth-order valence-electron chi connectivity index (χ4n) is 5.46. The fourth-order valence-corrected chi connectivity index (χ4v) is 5.46. The van der Waals surface area contributed by atoms with Crippen molar-refractivity contribution in [2.24, 2.45) is 5.41 Å². The van der Waals surface area contributed by atoms with Crippen LogP contribution in [0.5, 0.6) is 0 Å². The van der Waals surface area contributed by atoms with E-state index >= 15 is 0 Å². The summed E-state index contributed by atoms with van der Waals surface area (Å²) in [6.07, 6.45) is -1.20. The summed E-state index contributed by atoms with van der Waals surface area (Å²) >= 11 is 0. The Morgan fingerprint density at radius 3 is 2.37 bits per heavy atom. The van der Waals surface area contributed by atoms with Crippen LogP contribution < -0.4 is 0 Å². The summed E-state index contributed by atoms with van der Waals surface area (Å²) in [6.45, 7) is 10.9. The number of allylic oxidation sites excluding steroid dienone is 1. The lowest BCUT2D eigenvalue weighted by Crippen LogP contribution is -2.34. The van der Waals surface area contributed by atoms with Gasteiger partial charge in [0.1, 0.15) is 0 Å². The summed E-state index contributed by atoms with van der Waals surface area (Å²) in [4.78, 5) is 9.40. The molecule has 0 fully saturated rings. The van der Waals surface area contributed by atoms with Crippen molar-refractivity contribution >= 4 is 22.4 Å². The highest BCUT2D eigenvalue weighted by Gasteiger charge is 2.47. The van der Waals surface area contributed by atoms with E-state index in [1.165, 1.54) is 31.0 Å². The molecule has 2 aromatic carbocycles. The van der Waals surface area contributed by atoms with E-state index in [-0.39, 0.29) is 6.42 Å². The maximum atomic E-state index is 13.4. The van der Waals surface area contributed by atoms with Crippen molar-refractivity contribution in [3.8, 4) is 11.3 Å². The summed E-state index contributed by atoms with van der Waals surface area (Å²) in [5, 5.41) is 2.37. The van der Waals surface area contributed by atoms with E-state index in [1.54, 1.807) is 18.3 Å². The minimum atomic E-state index is -4.31. The molecule has 0 amide bonds. The Morgan fingerprint density at radius 1 is 0.974 bits per heavy atom. The topological polar surface area (TPSA) is 25.8 Å². The van der Waals surface area contributed by atoms with Gasteiger partial charge in [-0.2, -0.15) is 13.2 Å². The number of pyridine rings is 2. The van der Waals surface area contributed by atoms with Crippen LogP contribution in [0.15, 0.2) is 67.0 Å². The number of aromatic nitrogens is 2. The fraction of sp³-hybridized carbons (Fsp3) is 0.333. The highest BCUT2D eigenvalue weighted by molar-refractivity contribution is 5.97. The molecule has 4 aromatic rings. The third kappa shape index (κ3) is 4.42. The number of hydrogen-bond donors (Lipinski definition) is 0. The number of nitrogens with zero attached hydrogens (tertiary/aromatic N) is 2. The summed E-state index contributed by atoms with van der Waals surface area (Å²) in [5.41, 5.74) is 4.30. The van der Waals surface area contributed by atoms with Gasteiger partial charge in [0.25, 0.3) is 0 Å². The lowest BCUT2D eigenvalue weighted by atomic mass is 9.77. The van der Waals surface area contributed by atoms with Gasteiger partial charge in [-0.05, 0) is 81.3 Å². The van der Waals surface area contributed by atoms with E-state index < -0.39 is 17.0 Å². The van der Waals surface area contributed by atoms with Crippen molar-refractivity contribution in [1.82, 2.24) is 9.97 Å². The van der Waals surface area contributed by atoms with Crippen LogP contribution in [0.25, 0.3) is 33.7 Å². The predicted octanol–water partition coefficient (Wildman–Crippen LogP) is 9.38.